The van der Waals surface area contributed by atoms with Crippen LogP contribution in [0.25, 0.3) is 0 Å². The number of hydrogen-bond acceptors (Lipinski definition) is 5. The molecule has 2 fully saturated rings. The number of piperidine rings is 1. The monoisotopic (exact) mass is 461 g/mol. The van der Waals surface area contributed by atoms with Crippen LogP contribution in [0.4, 0.5) is 24.5 Å². The number of nitriles is 1. The maximum Gasteiger partial charge on any atom is 0.416 e. The fraction of sp³-hybridized carbons (Fsp3) is 0.391. The van der Waals surface area contributed by atoms with Crippen molar-refractivity contribution in [2.45, 2.75) is 42.7 Å². The summed E-state index contributed by atoms with van der Waals surface area (Å²) in [6.07, 6.45) is -1.12. The summed E-state index contributed by atoms with van der Waals surface area (Å²) in [5.41, 5.74) is 1.36. The van der Waals surface area contributed by atoms with Crippen molar-refractivity contribution in [1.29, 1.82) is 5.26 Å². The van der Waals surface area contributed by atoms with Crippen LogP contribution in [0.3, 0.4) is 0 Å². The van der Waals surface area contributed by atoms with Crippen molar-refractivity contribution < 1.29 is 23.1 Å². The summed E-state index contributed by atoms with van der Waals surface area (Å²) < 4.78 is 43.2. The Bertz CT molecular complexity index is 1060. The van der Waals surface area contributed by atoms with Crippen molar-refractivity contribution in [3.8, 4) is 6.07 Å². The van der Waals surface area contributed by atoms with Crippen LogP contribution < -0.4 is 9.62 Å². The van der Waals surface area contributed by atoms with E-state index in [1.165, 1.54) is 6.07 Å². The first kappa shape index (κ1) is 22.3. The Morgan fingerprint density at radius 3 is 2.44 bits per heavy atom. The van der Waals surface area contributed by atoms with Gasteiger partial charge in [0, 0.05) is 23.9 Å². The molecule has 2 N–H and O–H groups in total. The van der Waals surface area contributed by atoms with E-state index in [1.807, 2.05) is 4.90 Å². The molecule has 1 aliphatic carbocycles. The minimum Gasteiger partial charge on any atom is -0.478 e. The minimum atomic E-state index is -4.48. The van der Waals surface area contributed by atoms with Crippen LogP contribution in [0.5, 0.6) is 0 Å². The van der Waals surface area contributed by atoms with E-state index in [4.69, 9.17) is 5.26 Å². The van der Waals surface area contributed by atoms with E-state index in [0.717, 1.165) is 42.5 Å². The molecule has 2 aromatic rings. The van der Waals surface area contributed by atoms with E-state index >= 15 is 0 Å². The number of nitrogens with zero attached hydrogens (tertiary/aromatic N) is 2. The largest absolute Gasteiger partial charge is 0.478 e. The SMILES string of the molecule is N#CC1CCN(c2ccc(C(F)(F)F)cc2NSc2cc(C(=O)O)ccc2C2CC2)CC1. The molecule has 1 saturated carbocycles. The molecule has 0 radical (unpaired) electrons. The molecule has 4 rings (SSSR count). The number of anilines is 2. The highest BCUT2D eigenvalue weighted by Crippen LogP contribution is 2.45. The number of halogens is 3. The quantitative estimate of drug-likeness (QED) is 0.503. The summed E-state index contributed by atoms with van der Waals surface area (Å²) in [5.74, 6) is -0.728. The van der Waals surface area contributed by atoms with Gasteiger partial charge in [-0.25, -0.2) is 4.79 Å². The van der Waals surface area contributed by atoms with Gasteiger partial charge in [-0.3, -0.25) is 0 Å². The Hall–Kier alpha value is -2.86. The average Bonchev–Trinajstić information content (AvgIpc) is 3.62. The molecule has 168 valence electrons. The second-order valence-corrected chi connectivity index (χ2v) is 9.00. The van der Waals surface area contributed by atoms with Crippen molar-refractivity contribution in [3.05, 3.63) is 53.1 Å². The van der Waals surface area contributed by atoms with Gasteiger partial charge < -0.3 is 14.7 Å². The summed E-state index contributed by atoms with van der Waals surface area (Å²) in [6.45, 7) is 1.18. The van der Waals surface area contributed by atoms with E-state index < -0.39 is 17.7 Å². The number of rotatable bonds is 6. The Kier molecular flexibility index (Phi) is 6.24. The zero-order valence-corrected chi connectivity index (χ0v) is 18.0. The van der Waals surface area contributed by atoms with Crippen molar-refractivity contribution in [3.63, 3.8) is 0 Å². The van der Waals surface area contributed by atoms with Crippen molar-refractivity contribution in [2.24, 2.45) is 5.92 Å². The molecular weight excluding hydrogens is 439 g/mol. The lowest BCUT2D eigenvalue weighted by Crippen LogP contribution is -2.33. The topological polar surface area (TPSA) is 76.4 Å². The van der Waals surface area contributed by atoms with Gasteiger partial charge >= 0.3 is 12.1 Å². The Labute approximate surface area is 188 Å². The predicted octanol–water partition coefficient (Wildman–Crippen LogP) is 6.14. The molecule has 9 heteroatoms. The number of carboxylic acids is 1. The number of carboxylic acid groups (broad SMARTS) is 1. The molecule has 0 atom stereocenters. The first-order valence-electron chi connectivity index (χ1n) is 10.4. The second kappa shape index (κ2) is 8.94. The molecule has 2 aromatic carbocycles. The smallest absolute Gasteiger partial charge is 0.416 e. The predicted molar refractivity (Wildman–Crippen MR) is 117 cm³/mol. The maximum absolute atomic E-state index is 13.4. The molecule has 1 heterocycles. The van der Waals surface area contributed by atoms with Gasteiger partial charge in [0.15, 0.2) is 0 Å². The molecule has 0 bridgehead atoms. The number of aromatic carboxylic acids is 1. The first-order valence-corrected chi connectivity index (χ1v) is 11.2. The number of carbonyl (C=O) groups is 1. The third kappa shape index (κ3) is 4.96. The van der Waals surface area contributed by atoms with Gasteiger partial charge in [0.2, 0.25) is 0 Å². The second-order valence-electron chi connectivity index (χ2n) is 8.16. The van der Waals surface area contributed by atoms with Gasteiger partial charge in [0.05, 0.1) is 28.6 Å². The van der Waals surface area contributed by atoms with E-state index in [-0.39, 0.29) is 11.5 Å². The normalized spacial score (nSPS) is 17.1. The lowest BCUT2D eigenvalue weighted by atomic mass is 9.98. The lowest BCUT2D eigenvalue weighted by molar-refractivity contribution is -0.137. The summed E-state index contributed by atoms with van der Waals surface area (Å²) in [5, 5.41) is 18.5. The van der Waals surface area contributed by atoms with Gasteiger partial charge in [0.1, 0.15) is 0 Å². The van der Waals surface area contributed by atoms with E-state index in [2.05, 4.69) is 10.8 Å². The van der Waals surface area contributed by atoms with Gasteiger partial charge in [0.25, 0.3) is 0 Å². The number of hydrogen-bond donors (Lipinski definition) is 2. The molecule has 5 nitrogen and oxygen atoms in total. The van der Waals surface area contributed by atoms with Crippen LogP contribution in [0.2, 0.25) is 0 Å². The average molecular weight is 462 g/mol. The molecule has 1 aliphatic heterocycles. The van der Waals surface area contributed by atoms with Crippen LogP contribution >= 0.6 is 11.9 Å². The first-order chi connectivity index (χ1) is 15.3. The summed E-state index contributed by atoms with van der Waals surface area (Å²) in [7, 11) is 0. The van der Waals surface area contributed by atoms with Gasteiger partial charge in [-0.1, -0.05) is 6.07 Å². The van der Waals surface area contributed by atoms with Crippen LogP contribution in [0, 0.1) is 17.2 Å². The Morgan fingerprint density at radius 2 is 1.84 bits per heavy atom. The fourth-order valence-corrected chi connectivity index (χ4v) is 4.84. The summed E-state index contributed by atoms with van der Waals surface area (Å²) >= 11 is 1.14. The molecule has 0 amide bonds. The van der Waals surface area contributed by atoms with E-state index in [9.17, 15) is 23.1 Å². The molecular formula is C23H22F3N3O2S. The highest BCUT2D eigenvalue weighted by atomic mass is 32.2. The number of alkyl halides is 3. The third-order valence-electron chi connectivity index (χ3n) is 5.89. The van der Waals surface area contributed by atoms with Crippen LogP contribution in [0.15, 0.2) is 41.3 Å². The molecule has 0 aromatic heterocycles. The molecule has 1 saturated heterocycles. The van der Waals surface area contributed by atoms with Crippen molar-refractivity contribution in [1.82, 2.24) is 0 Å². The van der Waals surface area contributed by atoms with Crippen LogP contribution in [0.1, 0.15) is 53.1 Å². The minimum absolute atomic E-state index is 0.0358. The van der Waals surface area contributed by atoms with Gasteiger partial charge in [-0.2, -0.15) is 18.4 Å². The van der Waals surface area contributed by atoms with Crippen molar-refractivity contribution >= 4 is 29.3 Å². The lowest BCUT2D eigenvalue weighted by Gasteiger charge is -2.33. The molecule has 2 aliphatic rings. The third-order valence-corrected chi connectivity index (χ3v) is 6.79. The molecule has 0 unspecified atom stereocenters. The van der Waals surface area contributed by atoms with Gasteiger partial charge in [-0.15, -0.1) is 0 Å². The van der Waals surface area contributed by atoms with Crippen molar-refractivity contribution in [2.75, 3.05) is 22.7 Å². The number of nitrogens with one attached hydrogen (secondary N) is 1. The highest BCUT2D eigenvalue weighted by molar-refractivity contribution is 8.00. The van der Waals surface area contributed by atoms with Gasteiger partial charge in [-0.05, 0) is 79.4 Å². The number of benzene rings is 2. The zero-order valence-electron chi connectivity index (χ0n) is 17.2. The Morgan fingerprint density at radius 1 is 1.12 bits per heavy atom. The highest BCUT2D eigenvalue weighted by Gasteiger charge is 2.32. The standard InChI is InChI=1S/C23H22F3N3O2S/c24-23(25,26)17-4-6-20(29-9-7-14(13-27)8-10-29)19(12-17)28-32-21-11-16(22(30)31)3-5-18(21)15-1-2-15/h3-6,11-12,14-15,28H,1-2,7-10H2,(H,30,31). The zero-order chi connectivity index (χ0) is 22.9. The Balaban J connectivity index is 1.63. The fourth-order valence-electron chi connectivity index (χ4n) is 3.92. The summed E-state index contributed by atoms with van der Waals surface area (Å²) in [6, 6.07) is 10.8. The summed E-state index contributed by atoms with van der Waals surface area (Å²) in [4.78, 5) is 14.1. The van der Waals surface area contributed by atoms with Crippen LogP contribution in [-0.4, -0.2) is 24.2 Å². The molecule has 32 heavy (non-hydrogen) atoms. The molecule has 0 spiro atoms. The van der Waals surface area contributed by atoms with Crippen LogP contribution in [-0.2, 0) is 6.18 Å². The maximum atomic E-state index is 13.4. The van der Waals surface area contributed by atoms with E-state index in [0.29, 0.717) is 48.1 Å². The van der Waals surface area contributed by atoms with E-state index in [1.54, 1.807) is 18.2 Å².